The fraction of sp³-hybridized carbons (Fsp3) is 0.136. The number of benzene rings is 2. The number of carbonyl (C=O) groups is 1. The van der Waals surface area contributed by atoms with E-state index in [-0.39, 0.29) is 18.1 Å². The van der Waals surface area contributed by atoms with Gasteiger partial charge in [0.15, 0.2) is 4.96 Å². The second-order valence-corrected chi connectivity index (χ2v) is 8.49. The average molecular weight is 484 g/mol. The van der Waals surface area contributed by atoms with Crippen LogP contribution in [0.3, 0.4) is 0 Å². The SMILES string of the molecule is Cc1ccc(OCc2cc(=O)n3c(C)csc3n2)c(NC(=O)c2ccccc2Br)c1. The predicted octanol–water partition coefficient (Wildman–Crippen LogP) is 4.97. The number of halogens is 1. The lowest BCUT2D eigenvalue weighted by molar-refractivity contribution is 0.102. The predicted molar refractivity (Wildman–Crippen MR) is 122 cm³/mol. The molecule has 152 valence electrons. The van der Waals surface area contributed by atoms with Crippen LogP contribution < -0.4 is 15.6 Å². The fourth-order valence-corrected chi connectivity index (χ4v) is 4.38. The second-order valence-electron chi connectivity index (χ2n) is 6.80. The molecule has 0 unspecified atom stereocenters. The van der Waals surface area contributed by atoms with E-state index in [4.69, 9.17) is 4.74 Å². The Kier molecular flexibility index (Phi) is 5.69. The zero-order valence-corrected chi connectivity index (χ0v) is 18.7. The van der Waals surface area contributed by atoms with Crippen molar-refractivity contribution in [3.8, 4) is 5.75 Å². The maximum Gasteiger partial charge on any atom is 0.259 e. The van der Waals surface area contributed by atoms with Gasteiger partial charge in [-0.05, 0) is 59.6 Å². The van der Waals surface area contributed by atoms with E-state index in [0.29, 0.717) is 32.1 Å². The van der Waals surface area contributed by atoms with E-state index < -0.39 is 0 Å². The lowest BCUT2D eigenvalue weighted by atomic mass is 10.1. The molecule has 0 atom stereocenters. The number of aromatic nitrogens is 2. The van der Waals surface area contributed by atoms with Crippen molar-refractivity contribution >= 4 is 43.8 Å². The largest absolute Gasteiger partial charge is 0.485 e. The highest BCUT2D eigenvalue weighted by Gasteiger charge is 2.14. The van der Waals surface area contributed by atoms with Crippen LogP contribution in [0.4, 0.5) is 5.69 Å². The molecule has 0 bridgehead atoms. The lowest BCUT2D eigenvalue weighted by Crippen LogP contribution is -2.16. The molecule has 1 N–H and O–H groups in total. The van der Waals surface area contributed by atoms with Crippen molar-refractivity contribution in [1.82, 2.24) is 9.38 Å². The molecule has 0 radical (unpaired) electrons. The van der Waals surface area contributed by atoms with E-state index in [9.17, 15) is 9.59 Å². The number of aryl methyl sites for hydroxylation is 2. The number of rotatable bonds is 5. The van der Waals surface area contributed by atoms with E-state index in [1.54, 1.807) is 22.6 Å². The monoisotopic (exact) mass is 483 g/mol. The summed E-state index contributed by atoms with van der Waals surface area (Å²) in [5, 5.41) is 4.80. The van der Waals surface area contributed by atoms with Crippen molar-refractivity contribution in [2.75, 3.05) is 5.32 Å². The molecule has 0 saturated carbocycles. The van der Waals surface area contributed by atoms with Gasteiger partial charge in [0.05, 0.1) is 16.9 Å². The number of nitrogens with one attached hydrogen (secondary N) is 1. The number of ether oxygens (including phenoxy) is 1. The highest BCUT2D eigenvalue weighted by atomic mass is 79.9. The van der Waals surface area contributed by atoms with Gasteiger partial charge in [-0.2, -0.15) is 0 Å². The Hall–Kier alpha value is -2.97. The summed E-state index contributed by atoms with van der Waals surface area (Å²) in [5.74, 6) is 0.259. The zero-order chi connectivity index (χ0) is 21.3. The van der Waals surface area contributed by atoms with Crippen LogP contribution in [0.25, 0.3) is 4.96 Å². The number of nitrogens with zero attached hydrogens (tertiary/aromatic N) is 2. The lowest BCUT2D eigenvalue weighted by Gasteiger charge is -2.14. The van der Waals surface area contributed by atoms with Crippen molar-refractivity contribution in [3.63, 3.8) is 0 Å². The summed E-state index contributed by atoms with van der Waals surface area (Å²) in [6, 6.07) is 14.2. The Morgan fingerprint density at radius 3 is 2.80 bits per heavy atom. The number of hydrogen-bond acceptors (Lipinski definition) is 5. The molecular formula is C22H18BrN3O3S. The first kappa shape index (κ1) is 20.3. The summed E-state index contributed by atoms with van der Waals surface area (Å²) in [7, 11) is 0. The van der Waals surface area contributed by atoms with Gasteiger partial charge in [-0.15, -0.1) is 11.3 Å². The molecule has 8 heteroatoms. The first-order valence-electron chi connectivity index (χ1n) is 9.18. The molecule has 0 aliphatic rings. The van der Waals surface area contributed by atoms with Gasteiger partial charge >= 0.3 is 0 Å². The molecule has 1 amide bonds. The molecule has 0 aliphatic carbocycles. The van der Waals surface area contributed by atoms with Crippen LogP contribution in [0, 0.1) is 13.8 Å². The highest BCUT2D eigenvalue weighted by Crippen LogP contribution is 2.28. The first-order chi connectivity index (χ1) is 14.4. The summed E-state index contributed by atoms with van der Waals surface area (Å²) in [6.45, 7) is 3.92. The molecule has 0 aliphatic heterocycles. The van der Waals surface area contributed by atoms with Crippen LogP contribution in [0.5, 0.6) is 5.75 Å². The van der Waals surface area contributed by atoms with Crippen LogP contribution >= 0.6 is 27.3 Å². The Balaban J connectivity index is 1.57. The number of hydrogen-bond donors (Lipinski definition) is 1. The molecule has 6 nitrogen and oxygen atoms in total. The van der Waals surface area contributed by atoms with E-state index in [0.717, 1.165) is 11.3 Å². The highest BCUT2D eigenvalue weighted by molar-refractivity contribution is 9.10. The molecule has 2 aromatic heterocycles. The Labute approximate surface area is 185 Å². The Morgan fingerprint density at radius 1 is 1.20 bits per heavy atom. The summed E-state index contributed by atoms with van der Waals surface area (Å²) in [4.78, 5) is 30.2. The number of fused-ring (bicyclic) bond motifs is 1. The van der Waals surface area contributed by atoms with Gasteiger partial charge in [-0.1, -0.05) is 18.2 Å². The van der Waals surface area contributed by atoms with Crippen molar-refractivity contribution in [1.29, 1.82) is 0 Å². The number of amides is 1. The number of anilines is 1. The smallest absolute Gasteiger partial charge is 0.259 e. The third kappa shape index (κ3) is 4.15. The van der Waals surface area contributed by atoms with Crippen molar-refractivity contribution in [2.24, 2.45) is 0 Å². The van der Waals surface area contributed by atoms with E-state index in [2.05, 4.69) is 26.2 Å². The molecule has 4 aromatic rings. The normalized spacial score (nSPS) is 10.9. The average Bonchev–Trinajstić information content (AvgIpc) is 3.09. The van der Waals surface area contributed by atoms with Gasteiger partial charge in [0, 0.05) is 21.6 Å². The molecule has 0 spiro atoms. The van der Waals surface area contributed by atoms with E-state index in [1.165, 1.54) is 17.4 Å². The summed E-state index contributed by atoms with van der Waals surface area (Å²) < 4.78 is 8.21. The van der Waals surface area contributed by atoms with E-state index >= 15 is 0 Å². The minimum absolute atomic E-state index is 0.115. The van der Waals surface area contributed by atoms with Crippen LogP contribution in [-0.2, 0) is 6.61 Å². The Morgan fingerprint density at radius 2 is 2.00 bits per heavy atom. The summed E-state index contributed by atoms with van der Waals surface area (Å²) in [6.07, 6.45) is 0. The van der Waals surface area contributed by atoms with Crippen LogP contribution in [-0.4, -0.2) is 15.3 Å². The number of carbonyl (C=O) groups excluding carboxylic acids is 1. The molecule has 0 fully saturated rings. The maximum absolute atomic E-state index is 12.7. The van der Waals surface area contributed by atoms with Gasteiger partial charge < -0.3 is 10.1 Å². The van der Waals surface area contributed by atoms with Crippen molar-refractivity contribution in [3.05, 3.63) is 91.3 Å². The van der Waals surface area contributed by atoms with Gasteiger partial charge in [0.25, 0.3) is 11.5 Å². The summed E-state index contributed by atoms with van der Waals surface area (Å²) in [5.41, 5.74) is 3.32. The molecule has 30 heavy (non-hydrogen) atoms. The molecule has 2 aromatic carbocycles. The second kappa shape index (κ2) is 8.41. The first-order valence-corrected chi connectivity index (χ1v) is 10.9. The molecular weight excluding hydrogens is 466 g/mol. The molecule has 0 saturated heterocycles. The van der Waals surface area contributed by atoms with Crippen molar-refractivity contribution < 1.29 is 9.53 Å². The minimum atomic E-state index is -0.246. The zero-order valence-electron chi connectivity index (χ0n) is 16.3. The van der Waals surface area contributed by atoms with Crippen LogP contribution in [0.15, 0.2) is 63.2 Å². The minimum Gasteiger partial charge on any atom is -0.485 e. The quantitative estimate of drug-likeness (QED) is 0.435. The topological polar surface area (TPSA) is 72.7 Å². The molecule has 4 rings (SSSR count). The number of thiazole rings is 1. The third-order valence-corrected chi connectivity index (χ3v) is 6.14. The van der Waals surface area contributed by atoms with Gasteiger partial charge in [0.1, 0.15) is 12.4 Å². The van der Waals surface area contributed by atoms with E-state index in [1.807, 2.05) is 43.5 Å². The van der Waals surface area contributed by atoms with Gasteiger partial charge in [0.2, 0.25) is 0 Å². The van der Waals surface area contributed by atoms with Gasteiger partial charge in [-0.25, -0.2) is 4.98 Å². The maximum atomic E-state index is 12.7. The van der Waals surface area contributed by atoms with Crippen LogP contribution in [0.2, 0.25) is 0 Å². The third-order valence-electron chi connectivity index (χ3n) is 4.51. The standard InChI is InChI=1S/C22H18BrN3O3S/c1-13-7-8-19(18(9-13)25-21(28)16-5-3-4-6-17(16)23)29-11-15-10-20(27)26-14(2)12-30-22(26)24-15/h3-10,12H,11H2,1-2H3,(H,25,28). The van der Waals surface area contributed by atoms with Crippen LogP contribution in [0.1, 0.15) is 27.3 Å². The summed E-state index contributed by atoms with van der Waals surface area (Å²) >= 11 is 4.81. The van der Waals surface area contributed by atoms with Gasteiger partial charge in [-0.3, -0.25) is 14.0 Å². The fourth-order valence-electron chi connectivity index (χ4n) is 3.03. The molecule has 2 heterocycles. The van der Waals surface area contributed by atoms with Crippen molar-refractivity contribution in [2.45, 2.75) is 20.5 Å². The Bertz CT molecular complexity index is 1310.